The summed E-state index contributed by atoms with van der Waals surface area (Å²) in [6.45, 7) is -0.148. The molecule has 2 N–H and O–H groups in total. The third-order valence-corrected chi connectivity index (χ3v) is 5.75. The lowest BCUT2D eigenvalue weighted by Crippen LogP contribution is -2.08. The van der Waals surface area contributed by atoms with Gasteiger partial charge in [-0.1, -0.05) is 44.2 Å². The Kier molecular flexibility index (Phi) is 16.8. The van der Waals surface area contributed by atoms with Crippen LogP contribution in [0.1, 0.15) is 22.3 Å². The fraction of sp³-hybridized carbons (Fsp3) is 0.143. The van der Waals surface area contributed by atoms with Crippen molar-refractivity contribution >= 4 is 45.4 Å². The number of hydrogen-bond acceptors (Lipinski definition) is 12. The number of carbonyl (C=O) groups is 2. The van der Waals surface area contributed by atoms with E-state index in [0.29, 0.717) is 11.1 Å². The minimum absolute atomic E-state index is 0. The van der Waals surface area contributed by atoms with Crippen molar-refractivity contribution in [3.05, 3.63) is 120 Å². The zero-order valence-corrected chi connectivity index (χ0v) is 26.0. The number of pyridine rings is 2. The SMILES string of the molecule is Cl.O=C(Cc1cccnc1)OCc1ccc(OS(=O)(=O)F)cc1.O=C(O)Cc1cccnc1.O=S(=O)(F)Oc1ccc(CO)cc1. The van der Waals surface area contributed by atoms with E-state index in [1.807, 2.05) is 0 Å². The zero-order valence-electron chi connectivity index (χ0n) is 23.5. The molecule has 0 bridgehead atoms. The maximum Gasteiger partial charge on any atom is 0.488 e. The third kappa shape index (κ3) is 18.2. The molecule has 0 radical (unpaired) electrons. The highest BCUT2D eigenvalue weighted by Crippen LogP contribution is 2.16. The largest absolute Gasteiger partial charge is 0.488 e. The standard InChI is InChI=1S/C14H12FNO5S.C7H7FO4S.C7H7NO2.ClH/c15-22(18,19)21-13-5-3-11(4-6-13)10-20-14(17)8-12-2-1-7-16-9-12;8-13(10,11)12-7-3-1-6(5-9)2-4-7;9-7(10)4-6-2-1-3-8-5-6;/h1-7,9H,8,10H2;1-4,9H,5H2;1-3,5H,4H2,(H,9,10);1H. The van der Waals surface area contributed by atoms with Gasteiger partial charge in [-0.2, -0.15) is 16.8 Å². The molecule has 2 aromatic carbocycles. The summed E-state index contributed by atoms with van der Waals surface area (Å²) in [6.07, 6.45) is 6.50. The molecule has 4 aromatic rings. The highest BCUT2D eigenvalue weighted by Gasteiger charge is 2.10. The lowest BCUT2D eigenvalue weighted by atomic mass is 10.2. The fourth-order valence-corrected chi connectivity index (χ4v) is 3.77. The second-order valence-electron chi connectivity index (χ2n) is 8.53. The lowest BCUT2D eigenvalue weighted by Gasteiger charge is -2.06. The van der Waals surface area contributed by atoms with Gasteiger partial charge in [-0.3, -0.25) is 19.6 Å². The van der Waals surface area contributed by atoms with Gasteiger partial charge in [0.25, 0.3) is 0 Å². The molecule has 0 aliphatic rings. The van der Waals surface area contributed by atoms with Crippen molar-refractivity contribution in [1.29, 1.82) is 0 Å². The molecule has 4 rings (SSSR count). The molecular weight excluding hydrogens is 678 g/mol. The molecule has 46 heavy (non-hydrogen) atoms. The van der Waals surface area contributed by atoms with Gasteiger partial charge in [0.2, 0.25) is 0 Å². The Morgan fingerprint density at radius 2 is 1.11 bits per heavy atom. The predicted octanol–water partition coefficient (Wildman–Crippen LogP) is 3.86. The molecule has 0 aliphatic carbocycles. The zero-order chi connectivity index (χ0) is 33.3. The number of hydrogen-bond donors (Lipinski definition) is 2. The second-order valence-corrected chi connectivity index (χ2v) is 10.4. The Labute approximate surface area is 269 Å². The number of aromatic nitrogens is 2. The van der Waals surface area contributed by atoms with Gasteiger partial charge in [0.15, 0.2) is 0 Å². The Bertz CT molecular complexity index is 1720. The van der Waals surface area contributed by atoms with Gasteiger partial charge in [-0.15, -0.1) is 12.4 Å². The van der Waals surface area contributed by atoms with Crippen molar-refractivity contribution in [3.8, 4) is 11.5 Å². The number of carbonyl (C=O) groups excluding carboxylic acids is 1. The Morgan fingerprint density at radius 3 is 1.48 bits per heavy atom. The second kappa shape index (κ2) is 19.6. The van der Waals surface area contributed by atoms with Crippen molar-refractivity contribution in [3.63, 3.8) is 0 Å². The number of esters is 1. The fourth-order valence-electron chi connectivity index (χ4n) is 3.08. The number of aliphatic carboxylic acids is 1. The van der Waals surface area contributed by atoms with E-state index in [4.69, 9.17) is 14.9 Å². The van der Waals surface area contributed by atoms with E-state index in [1.165, 1.54) is 48.5 Å². The van der Waals surface area contributed by atoms with E-state index in [1.54, 1.807) is 49.1 Å². The number of rotatable bonds is 11. The first-order chi connectivity index (χ1) is 21.2. The number of carboxylic acids is 1. The highest BCUT2D eigenvalue weighted by atomic mass is 35.5. The third-order valence-electron chi connectivity index (χ3n) is 4.97. The summed E-state index contributed by atoms with van der Waals surface area (Å²) in [5.41, 5.74) is 2.67. The summed E-state index contributed by atoms with van der Waals surface area (Å²) in [4.78, 5) is 29.4. The first kappa shape index (κ1) is 39.3. The molecule has 0 amide bonds. The van der Waals surface area contributed by atoms with E-state index in [9.17, 15) is 34.2 Å². The van der Waals surface area contributed by atoms with Crippen LogP contribution in [0.3, 0.4) is 0 Å². The molecule has 2 aromatic heterocycles. The molecule has 0 aliphatic heterocycles. The number of halogens is 3. The van der Waals surface area contributed by atoms with E-state index in [2.05, 4.69) is 18.3 Å². The number of aliphatic hydroxyl groups excluding tert-OH is 1. The van der Waals surface area contributed by atoms with Gasteiger partial charge in [0.1, 0.15) is 18.1 Å². The molecule has 0 saturated carbocycles. The summed E-state index contributed by atoms with van der Waals surface area (Å²) >= 11 is 0. The number of carboxylic acid groups (broad SMARTS) is 1. The van der Waals surface area contributed by atoms with E-state index >= 15 is 0 Å². The van der Waals surface area contributed by atoms with Crippen LogP contribution >= 0.6 is 12.4 Å². The minimum Gasteiger partial charge on any atom is -0.481 e. The van der Waals surface area contributed by atoms with Crippen LogP contribution in [0.15, 0.2) is 97.6 Å². The summed E-state index contributed by atoms with van der Waals surface area (Å²) in [6, 6.07) is 17.8. The Balaban J connectivity index is 0.000000375. The van der Waals surface area contributed by atoms with Crippen LogP contribution in [0, 0.1) is 0 Å². The van der Waals surface area contributed by atoms with Crippen LogP contribution in [-0.2, 0) is 61.4 Å². The van der Waals surface area contributed by atoms with E-state index in [-0.39, 0.29) is 50.0 Å². The summed E-state index contributed by atoms with van der Waals surface area (Å²) in [5.74, 6) is -1.53. The monoisotopic (exact) mass is 704 g/mol. The van der Waals surface area contributed by atoms with Crippen LogP contribution in [0.25, 0.3) is 0 Å². The van der Waals surface area contributed by atoms with Gasteiger partial charge in [0, 0.05) is 24.8 Å². The molecule has 0 atom stereocenters. The van der Waals surface area contributed by atoms with Gasteiger partial charge in [0.05, 0.1) is 19.4 Å². The highest BCUT2D eigenvalue weighted by molar-refractivity contribution is 7.82. The molecule has 0 unspecified atom stereocenters. The van der Waals surface area contributed by atoms with Gasteiger partial charge < -0.3 is 23.3 Å². The molecule has 248 valence electrons. The molecule has 0 saturated heterocycles. The molecule has 0 fully saturated rings. The Hall–Kier alpha value is -4.71. The Morgan fingerprint density at radius 1 is 0.674 bits per heavy atom. The number of nitrogens with zero attached hydrogens (tertiary/aromatic N) is 2. The smallest absolute Gasteiger partial charge is 0.481 e. The quantitative estimate of drug-likeness (QED) is 0.169. The van der Waals surface area contributed by atoms with Crippen molar-refractivity contribution in [1.82, 2.24) is 9.97 Å². The number of aliphatic hydroxyl groups is 1. The molecule has 13 nitrogen and oxygen atoms in total. The normalized spacial score (nSPS) is 10.4. The van der Waals surface area contributed by atoms with Crippen molar-refractivity contribution in [2.75, 3.05) is 0 Å². The van der Waals surface area contributed by atoms with Crippen LogP contribution in [0.5, 0.6) is 11.5 Å². The lowest BCUT2D eigenvalue weighted by molar-refractivity contribution is -0.144. The van der Waals surface area contributed by atoms with Gasteiger partial charge >= 0.3 is 32.9 Å². The molecule has 18 heteroatoms. The van der Waals surface area contributed by atoms with E-state index < -0.39 is 32.9 Å². The summed E-state index contributed by atoms with van der Waals surface area (Å²) < 4.78 is 78.0. The van der Waals surface area contributed by atoms with E-state index in [0.717, 1.165) is 11.1 Å². The van der Waals surface area contributed by atoms with Crippen molar-refractivity contribution in [2.24, 2.45) is 0 Å². The van der Waals surface area contributed by atoms with Crippen LogP contribution < -0.4 is 8.37 Å². The average Bonchev–Trinajstić information content (AvgIpc) is 2.97. The van der Waals surface area contributed by atoms with Crippen molar-refractivity contribution < 1.29 is 57.5 Å². The molecule has 0 spiro atoms. The topological polar surface area (TPSA) is 196 Å². The van der Waals surface area contributed by atoms with Crippen LogP contribution in [0.2, 0.25) is 0 Å². The maximum atomic E-state index is 12.3. The van der Waals surface area contributed by atoms with Crippen LogP contribution in [0.4, 0.5) is 7.77 Å². The van der Waals surface area contributed by atoms with Crippen LogP contribution in [-0.4, -0.2) is 49.0 Å². The number of benzene rings is 2. The molecular formula is C28H27ClF2N2O11S2. The summed E-state index contributed by atoms with van der Waals surface area (Å²) in [7, 11) is -10.0. The average molecular weight is 705 g/mol. The first-order valence-corrected chi connectivity index (χ1v) is 15.1. The minimum atomic E-state index is -5.04. The predicted molar refractivity (Wildman–Crippen MR) is 161 cm³/mol. The van der Waals surface area contributed by atoms with Crippen molar-refractivity contribution in [2.45, 2.75) is 26.1 Å². The number of ether oxygens (including phenoxy) is 1. The first-order valence-electron chi connectivity index (χ1n) is 12.4. The maximum absolute atomic E-state index is 12.3. The summed E-state index contributed by atoms with van der Waals surface area (Å²) in [5, 5.41) is 17.0. The molecule has 2 heterocycles. The van der Waals surface area contributed by atoms with Gasteiger partial charge in [-0.05, 0) is 58.7 Å². The van der Waals surface area contributed by atoms with Gasteiger partial charge in [-0.25, -0.2) is 0 Å².